The number of hydrogen-bond acceptors (Lipinski definition) is 6. The third-order valence-corrected chi connectivity index (χ3v) is 7.09. The number of ether oxygens (including phenoxy) is 4. The molecule has 8 nitrogen and oxygen atoms in total. The number of anilines is 2. The molecule has 8 heteroatoms. The first kappa shape index (κ1) is 29.6. The minimum Gasteiger partial charge on any atom is -0.454 e. The van der Waals surface area contributed by atoms with Crippen LogP contribution in [0.5, 0.6) is 23.0 Å². The van der Waals surface area contributed by atoms with Crippen molar-refractivity contribution >= 4 is 47.3 Å². The zero-order chi connectivity index (χ0) is 31.7. The van der Waals surface area contributed by atoms with E-state index in [0.717, 1.165) is 50.9 Å². The summed E-state index contributed by atoms with van der Waals surface area (Å²) in [6.07, 6.45) is 8.06. The van der Waals surface area contributed by atoms with E-state index in [1.807, 2.05) is 109 Å². The zero-order valence-corrected chi connectivity index (χ0v) is 24.7. The van der Waals surface area contributed by atoms with E-state index in [4.69, 9.17) is 31.3 Å². The highest BCUT2D eigenvalue weighted by atomic mass is 16.7. The maximum atomic E-state index is 12.3. The number of rotatable bonds is 6. The third kappa shape index (κ3) is 7.54. The van der Waals surface area contributed by atoms with Crippen LogP contribution >= 0.6 is 0 Å². The molecular weight excluding hydrogens is 578 g/mol. The second kappa shape index (κ2) is 13.9. The Kier molecular flexibility index (Phi) is 8.94. The van der Waals surface area contributed by atoms with Crippen molar-refractivity contribution in [1.82, 2.24) is 0 Å². The minimum atomic E-state index is -0.208. The Bertz CT molecular complexity index is 1940. The van der Waals surface area contributed by atoms with Crippen molar-refractivity contribution in [2.75, 3.05) is 24.6 Å². The molecule has 2 aliphatic rings. The molecule has 0 saturated carbocycles. The van der Waals surface area contributed by atoms with Crippen LogP contribution in [0, 0.1) is 6.57 Å². The molecule has 0 fully saturated rings. The van der Waals surface area contributed by atoms with Crippen molar-refractivity contribution in [2.45, 2.75) is 0 Å². The summed E-state index contributed by atoms with van der Waals surface area (Å²) in [5.74, 6) is 2.92. The minimum absolute atomic E-state index is 0.208. The molecule has 0 aliphatic carbocycles. The molecule has 2 aliphatic heterocycles. The molecule has 1 amide bonds. The van der Waals surface area contributed by atoms with Crippen molar-refractivity contribution in [2.24, 2.45) is 0 Å². The zero-order valence-electron chi connectivity index (χ0n) is 24.7. The number of carbonyl (C=O) groups is 1. The van der Waals surface area contributed by atoms with Gasteiger partial charge in [0.2, 0.25) is 13.6 Å². The number of benzene rings is 5. The van der Waals surface area contributed by atoms with Crippen molar-refractivity contribution in [1.29, 1.82) is 0 Å². The molecule has 5 aromatic rings. The van der Waals surface area contributed by atoms with Gasteiger partial charge in [0.15, 0.2) is 28.7 Å². The Morgan fingerprint density at radius 3 is 1.59 bits per heavy atom. The molecule has 46 heavy (non-hydrogen) atoms. The summed E-state index contributed by atoms with van der Waals surface area (Å²) in [5.41, 5.74) is 12.4. The van der Waals surface area contributed by atoms with E-state index < -0.39 is 0 Å². The first-order valence-corrected chi connectivity index (χ1v) is 14.4. The molecule has 0 atom stereocenters. The number of hydrogen-bond donors (Lipinski definition) is 2. The molecule has 0 unspecified atom stereocenters. The lowest BCUT2D eigenvalue weighted by Gasteiger charge is -2.06. The van der Waals surface area contributed by atoms with Crippen LogP contribution in [0.4, 0.5) is 17.1 Å². The lowest BCUT2D eigenvalue weighted by molar-refractivity contribution is 0.102. The number of fused-ring (bicyclic) bond motifs is 2. The van der Waals surface area contributed by atoms with Gasteiger partial charge in [-0.15, -0.1) is 0 Å². The second-order valence-corrected chi connectivity index (χ2v) is 10.3. The first-order valence-electron chi connectivity index (χ1n) is 14.4. The van der Waals surface area contributed by atoms with Crippen LogP contribution in [-0.4, -0.2) is 19.5 Å². The average molecular weight is 608 g/mol. The van der Waals surface area contributed by atoms with E-state index in [0.29, 0.717) is 23.7 Å². The molecule has 7 rings (SSSR count). The van der Waals surface area contributed by atoms with Gasteiger partial charge >= 0.3 is 0 Å². The Hall–Kier alpha value is -6.46. The van der Waals surface area contributed by atoms with Gasteiger partial charge in [0.1, 0.15) is 0 Å². The second-order valence-electron chi connectivity index (χ2n) is 10.3. The van der Waals surface area contributed by atoms with E-state index in [2.05, 4.69) is 10.2 Å². The van der Waals surface area contributed by atoms with Crippen molar-refractivity contribution < 1.29 is 23.7 Å². The summed E-state index contributed by atoms with van der Waals surface area (Å²) in [4.78, 5) is 15.6. The number of nitrogen functional groups attached to an aromatic ring is 1. The Balaban J connectivity index is 0.000000178. The number of nitrogens with zero attached hydrogens (tertiary/aromatic N) is 1. The Morgan fingerprint density at radius 1 is 0.609 bits per heavy atom. The van der Waals surface area contributed by atoms with E-state index in [-0.39, 0.29) is 12.7 Å². The van der Waals surface area contributed by atoms with Crippen molar-refractivity contribution in [3.05, 3.63) is 148 Å². The lowest BCUT2D eigenvalue weighted by Crippen LogP contribution is -2.11. The average Bonchev–Trinajstić information content (AvgIpc) is 3.77. The van der Waals surface area contributed by atoms with Gasteiger partial charge in [-0.3, -0.25) is 4.79 Å². The summed E-state index contributed by atoms with van der Waals surface area (Å²) in [5, 5.41) is 2.85. The Morgan fingerprint density at radius 2 is 1.07 bits per heavy atom. The van der Waals surface area contributed by atoms with Crippen LogP contribution in [-0.2, 0) is 0 Å². The molecule has 3 N–H and O–H groups in total. The highest BCUT2D eigenvalue weighted by molar-refractivity contribution is 6.04. The van der Waals surface area contributed by atoms with E-state index in [1.54, 1.807) is 24.3 Å². The lowest BCUT2D eigenvalue weighted by atomic mass is 10.1. The predicted molar refractivity (Wildman–Crippen MR) is 181 cm³/mol. The molecule has 0 aromatic heterocycles. The molecule has 0 saturated heterocycles. The number of amides is 1. The van der Waals surface area contributed by atoms with Gasteiger partial charge in [0.25, 0.3) is 5.91 Å². The van der Waals surface area contributed by atoms with Gasteiger partial charge in [-0.05, 0) is 70.8 Å². The first-order chi connectivity index (χ1) is 22.5. The smallest absolute Gasteiger partial charge is 0.255 e. The number of nitrogens with one attached hydrogen (secondary N) is 1. The van der Waals surface area contributed by atoms with Crippen LogP contribution < -0.4 is 30.0 Å². The summed E-state index contributed by atoms with van der Waals surface area (Å²) in [6.45, 7) is 7.52. The van der Waals surface area contributed by atoms with Gasteiger partial charge < -0.3 is 30.0 Å². The number of nitrogens with two attached hydrogens (primary N) is 1. The van der Waals surface area contributed by atoms with Crippen LogP contribution in [0.2, 0.25) is 0 Å². The molecule has 5 aromatic carbocycles. The van der Waals surface area contributed by atoms with Crippen LogP contribution in [0.25, 0.3) is 29.1 Å². The van der Waals surface area contributed by atoms with Gasteiger partial charge in [-0.1, -0.05) is 85.0 Å². The SMILES string of the molecule is Nc1ccc(/C=C/c2ccc3c(c2)OCO3)cc1.[C-]#[N+]c1ccc(C(=O)Nc2ccc(/C=C/c3ccc4c(c3)OCO4)cc2)cc1. The van der Waals surface area contributed by atoms with Crippen LogP contribution in [0.3, 0.4) is 0 Å². The summed E-state index contributed by atoms with van der Waals surface area (Å²) in [6, 6.07) is 33.6. The van der Waals surface area contributed by atoms with Gasteiger partial charge in [0, 0.05) is 16.9 Å². The maximum Gasteiger partial charge on any atom is 0.255 e. The summed E-state index contributed by atoms with van der Waals surface area (Å²) >= 11 is 0. The monoisotopic (exact) mass is 607 g/mol. The molecule has 2 heterocycles. The van der Waals surface area contributed by atoms with E-state index in [1.165, 1.54) is 0 Å². The van der Waals surface area contributed by atoms with Gasteiger partial charge in [0.05, 0.1) is 6.57 Å². The standard InChI is InChI=1S/C23H16N2O3.C15H13NO2/c1-24-19-11-7-18(8-12-19)23(26)25-20-9-4-16(5-10-20)2-3-17-6-13-21-22(14-17)28-15-27-21;16-13-6-3-11(4-7-13)1-2-12-5-8-14-15(9-12)18-10-17-14/h2-14H,15H2,(H,25,26);1-9H,10,16H2/b3-2+;2-1+. The quantitative estimate of drug-likeness (QED) is 0.114. The fraction of sp³-hybridized carbons (Fsp3) is 0.0526. The summed E-state index contributed by atoms with van der Waals surface area (Å²) in [7, 11) is 0. The molecule has 226 valence electrons. The topological polar surface area (TPSA) is 96.4 Å². The fourth-order valence-corrected chi connectivity index (χ4v) is 4.59. The highest BCUT2D eigenvalue weighted by Crippen LogP contribution is 2.34. The largest absolute Gasteiger partial charge is 0.454 e. The van der Waals surface area contributed by atoms with E-state index >= 15 is 0 Å². The fourth-order valence-electron chi connectivity index (χ4n) is 4.59. The van der Waals surface area contributed by atoms with Crippen molar-refractivity contribution in [3.8, 4) is 23.0 Å². The molecule has 0 spiro atoms. The van der Waals surface area contributed by atoms with Crippen molar-refractivity contribution in [3.63, 3.8) is 0 Å². The highest BCUT2D eigenvalue weighted by Gasteiger charge is 2.13. The molecule has 0 radical (unpaired) electrons. The van der Waals surface area contributed by atoms with Crippen LogP contribution in [0.15, 0.2) is 109 Å². The molecule has 0 bridgehead atoms. The van der Waals surface area contributed by atoms with Gasteiger partial charge in [-0.2, -0.15) is 0 Å². The number of carbonyl (C=O) groups excluding carboxylic acids is 1. The van der Waals surface area contributed by atoms with Crippen LogP contribution in [0.1, 0.15) is 32.6 Å². The predicted octanol–water partition coefficient (Wildman–Crippen LogP) is 8.56. The maximum absolute atomic E-state index is 12.3. The molecular formula is C38H29N3O5. The Labute approximate surface area is 266 Å². The van der Waals surface area contributed by atoms with E-state index in [9.17, 15) is 4.79 Å². The summed E-state index contributed by atoms with van der Waals surface area (Å²) < 4.78 is 21.3. The normalized spacial score (nSPS) is 12.4. The third-order valence-electron chi connectivity index (χ3n) is 7.09. The van der Waals surface area contributed by atoms with Gasteiger partial charge in [-0.25, -0.2) is 4.85 Å².